The van der Waals surface area contributed by atoms with Crippen molar-refractivity contribution in [1.82, 2.24) is 10.4 Å². The first-order valence-electron chi connectivity index (χ1n) is 9.62. The number of nitrogens with one attached hydrogen (secondary N) is 2. The molecule has 3 rings (SSSR count). The van der Waals surface area contributed by atoms with Crippen LogP contribution in [0.5, 0.6) is 0 Å². The Labute approximate surface area is 203 Å². The van der Waals surface area contributed by atoms with Crippen molar-refractivity contribution in [2.24, 2.45) is 11.0 Å². The Kier molecular flexibility index (Phi) is 7.69. The van der Waals surface area contributed by atoms with Crippen LogP contribution in [0.2, 0.25) is 10.0 Å². The van der Waals surface area contributed by atoms with E-state index in [2.05, 4.69) is 20.2 Å². The van der Waals surface area contributed by atoms with E-state index >= 15 is 0 Å². The van der Waals surface area contributed by atoms with Crippen LogP contribution in [0, 0.1) is 5.92 Å². The molecule has 0 fully saturated rings. The smallest absolute Gasteiger partial charge is 0.307 e. The van der Waals surface area contributed by atoms with Gasteiger partial charge in [0.15, 0.2) is 0 Å². The molecule has 0 spiro atoms. The second-order valence-electron chi connectivity index (χ2n) is 7.10. The molecule has 0 bridgehead atoms. The number of ketones is 1. The van der Waals surface area contributed by atoms with Crippen molar-refractivity contribution >= 4 is 50.9 Å². The Morgan fingerprint density at radius 3 is 2.68 bits per heavy atom. The molecule has 2 N–H and O–H groups in total. The standard InChI is InChI=1S/C21H17Cl2F3N4O3S/c1-12-10-29-28-7-3-2-4-15(12)20(31)19-18(8-13(22)11-27-19)30-34(32,33)14-5-6-17(23)16(9-14)21(24,25)26/h2-6,8-12,28,30H,7H2,1H3/b3-2-,15-4+,29-10?. The molecule has 0 radical (unpaired) electrons. The molecule has 13 heteroatoms. The van der Waals surface area contributed by atoms with E-state index in [4.69, 9.17) is 23.2 Å². The summed E-state index contributed by atoms with van der Waals surface area (Å²) in [7, 11) is -4.58. The van der Waals surface area contributed by atoms with Gasteiger partial charge in [-0.25, -0.2) is 13.4 Å². The van der Waals surface area contributed by atoms with Crippen LogP contribution in [0.25, 0.3) is 0 Å². The number of aromatic nitrogens is 1. The highest BCUT2D eigenvalue weighted by molar-refractivity contribution is 7.92. The average Bonchev–Trinajstić information content (AvgIpc) is 2.84. The van der Waals surface area contributed by atoms with E-state index in [1.165, 1.54) is 6.21 Å². The van der Waals surface area contributed by atoms with E-state index in [9.17, 15) is 26.4 Å². The van der Waals surface area contributed by atoms with Crippen LogP contribution in [0.4, 0.5) is 18.9 Å². The largest absolute Gasteiger partial charge is 0.417 e. The minimum absolute atomic E-state index is 0.00323. The number of anilines is 1. The van der Waals surface area contributed by atoms with Crippen molar-refractivity contribution < 1.29 is 26.4 Å². The predicted octanol–water partition coefficient (Wildman–Crippen LogP) is 5.10. The summed E-state index contributed by atoms with van der Waals surface area (Å²) in [6.45, 7) is 2.15. The van der Waals surface area contributed by atoms with Gasteiger partial charge in [0.25, 0.3) is 10.0 Å². The number of pyridine rings is 1. The van der Waals surface area contributed by atoms with Crippen LogP contribution in [0.3, 0.4) is 0 Å². The Morgan fingerprint density at radius 1 is 1.24 bits per heavy atom. The van der Waals surface area contributed by atoms with Crippen LogP contribution in [0.15, 0.2) is 64.3 Å². The number of sulfonamides is 1. The third-order valence-electron chi connectivity index (χ3n) is 4.63. The van der Waals surface area contributed by atoms with Crippen LogP contribution < -0.4 is 10.1 Å². The summed E-state index contributed by atoms with van der Waals surface area (Å²) >= 11 is 11.5. The zero-order valence-corrected chi connectivity index (χ0v) is 19.7. The Morgan fingerprint density at radius 2 is 1.97 bits per heavy atom. The third kappa shape index (κ3) is 5.96. The van der Waals surface area contributed by atoms with Crippen molar-refractivity contribution in [1.29, 1.82) is 0 Å². The molecule has 0 saturated heterocycles. The molecule has 2 aromatic rings. The average molecular weight is 533 g/mol. The van der Waals surface area contributed by atoms with Crippen LogP contribution in [0.1, 0.15) is 23.0 Å². The number of rotatable bonds is 5. The van der Waals surface area contributed by atoms with Crippen LogP contribution in [-0.4, -0.2) is 31.9 Å². The van der Waals surface area contributed by atoms with E-state index in [0.717, 1.165) is 24.4 Å². The van der Waals surface area contributed by atoms with E-state index in [1.54, 1.807) is 25.2 Å². The zero-order valence-electron chi connectivity index (χ0n) is 17.4. The number of benzene rings is 1. The molecule has 0 amide bonds. The van der Waals surface area contributed by atoms with Gasteiger partial charge >= 0.3 is 6.18 Å². The number of Topliss-reactive ketones (excluding diaryl/α,β-unsaturated/α-hetero) is 1. The van der Waals surface area contributed by atoms with Gasteiger partial charge in [-0.1, -0.05) is 48.4 Å². The lowest BCUT2D eigenvalue weighted by Gasteiger charge is -2.16. The molecule has 1 aromatic carbocycles. The molecular formula is C21H17Cl2F3N4O3S. The normalized spacial score (nSPS) is 19.1. The molecule has 180 valence electrons. The third-order valence-corrected chi connectivity index (χ3v) is 6.53. The Balaban J connectivity index is 2.04. The monoisotopic (exact) mass is 532 g/mol. The van der Waals surface area contributed by atoms with Gasteiger partial charge in [-0.3, -0.25) is 9.52 Å². The first-order valence-corrected chi connectivity index (χ1v) is 11.9. The van der Waals surface area contributed by atoms with Crippen molar-refractivity contribution in [3.05, 3.63) is 75.6 Å². The molecule has 1 aromatic heterocycles. The lowest BCUT2D eigenvalue weighted by Crippen LogP contribution is -2.20. The Bertz CT molecular complexity index is 1310. The summed E-state index contributed by atoms with van der Waals surface area (Å²) in [4.78, 5) is 16.6. The zero-order chi connectivity index (χ0) is 25.1. The van der Waals surface area contributed by atoms with E-state index in [0.29, 0.717) is 12.6 Å². The fraction of sp³-hybridized carbons (Fsp3) is 0.190. The SMILES string of the molecule is CC1C=NNC/C=C\C=C/1C(=O)c1ncc(Cl)cc1NS(=O)(=O)c1ccc(Cl)c(C(F)(F)F)c1. The van der Waals surface area contributed by atoms with Gasteiger partial charge in [-0.15, -0.1) is 0 Å². The molecule has 0 saturated carbocycles. The van der Waals surface area contributed by atoms with Crippen LogP contribution in [-0.2, 0) is 16.2 Å². The lowest BCUT2D eigenvalue weighted by atomic mass is 9.95. The van der Waals surface area contributed by atoms with Gasteiger partial charge in [0, 0.05) is 23.9 Å². The molecular weight excluding hydrogens is 516 g/mol. The molecule has 34 heavy (non-hydrogen) atoms. The van der Waals surface area contributed by atoms with E-state index in [-0.39, 0.29) is 22.0 Å². The first kappa shape index (κ1) is 25.7. The lowest BCUT2D eigenvalue weighted by molar-refractivity contribution is -0.137. The summed E-state index contributed by atoms with van der Waals surface area (Å²) in [5.74, 6) is -1.08. The number of hydrogen-bond donors (Lipinski definition) is 2. The highest BCUT2D eigenvalue weighted by Crippen LogP contribution is 2.36. The topological polar surface area (TPSA) is 101 Å². The van der Waals surface area contributed by atoms with Crippen molar-refractivity contribution in [2.75, 3.05) is 11.3 Å². The summed E-state index contributed by atoms with van der Waals surface area (Å²) in [6, 6.07) is 3.29. The maximum Gasteiger partial charge on any atom is 0.417 e. The highest BCUT2D eigenvalue weighted by atomic mass is 35.5. The van der Waals surface area contributed by atoms with E-state index < -0.39 is 43.4 Å². The molecule has 1 aliphatic rings. The summed E-state index contributed by atoms with van der Waals surface area (Å²) in [5, 5.41) is 3.34. The number of hydrazone groups is 1. The summed E-state index contributed by atoms with van der Waals surface area (Å²) in [6.07, 6.45) is 2.70. The van der Waals surface area contributed by atoms with Gasteiger partial charge in [-0.05, 0) is 24.3 Å². The van der Waals surface area contributed by atoms with Crippen molar-refractivity contribution in [2.45, 2.75) is 18.0 Å². The number of nitrogens with zero attached hydrogens (tertiary/aromatic N) is 2. The second kappa shape index (κ2) is 10.2. The number of carbonyl (C=O) groups is 1. The van der Waals surface area contributed by atoms with Gasteiger partial charge in [0.1, 0.15) is 5.69 Å². The quantitative estimate of drug-likeness (QED) is 0.522. The number of allylic oxidation sites excluding steroid dienone is 3. The number of hydrogen-bond acceptors (Lipinski definition) is 6. The highest BCUT2D eigenvalue weighted by Gasteiger charge is 2.35. The minimum Gasteiger partial charge on any atom is -0.307 e. The van der Waals surface area contributed by atoms with Gasteiger partial charge in [0.2, 0.25) is 5.78 Å². The molecule has 1 aliphatic heterocycles. The van der Waals surface area contributed by atoms with Gasteiger partial charge < -0.3 is 5.43 Å². The molecule has 2 heterocycles. The maximum absolute atomic E-state index is 13.3. The predicted molar refractivity (Wildman–Crippen MR) is 124 cm³/mol. The molecule has 7 nitrogen and oxygen atoms in total. The van der Waals surface area contributed by atoms with Gasteiger partial charge in [-0.2, -0.15) is 18.3 Å². The maximum atomic E-state index is 13.3. The molecule has 0 aliphatic carbocycles. The number of alkyl halides is 3. The summed E-state index contributed by atoms with van der Waals surface area (Å²) < 4.78 is 67.5. The van der Waals surface area contributed by atoms with E-state index in [1.807, 2.05) is 0 Å². The minimum atomic E-state index is -4.87. The number of halogens is 5. The van der Waals surface area contributed by atoms with Crippen molar-refractivity contribution in [3.63, 3.8) is 0 Å². The first-order chi connectivity index (χ1) is 15.9. The summed E-state index contributed by atoms with van der Waals surface area (Å²) in [5.41, 5.74) is 1.12. The fourth-order valence-electron chi connectivity index (χ4n) is 2.95. The van der Waals surface area contributed by atoms with Crippen LogP contribution >= 0.6 is 23.2 Å². The fourth-order valence-corrected chi connectivity index (χ4v) is 4.42. The van der Waals surface area contributed by atoms with Crippen molar-refractivity contribution in [3.8, 4) is 0 Å². The van der Waals surface area contributed by atoms with Gasteiger partial charge in [0.05, 0.1) is 32.7 Å². The molecule has 1 unspecified atom stereocenters. The second-order valence-corrected chi connectivity index (χ2v) is 9.63. The Hall–Kier alpha value is -2.89. The number of carbonyl (C=O) groups excluding carboxylic acids is 1. The molecule has 1 atom stereocenters.